The summed E-state index contributed by atoms with van der Waals surface area (Å²) in [6.45, 7) is 5.84. The van der Waals surface area contributed by atoms with Crippen LogP contribution in [0.25, 0.3) is 0 Å². The van der Waals surface area contributed by atoms with Gasteiger partial charge in [-0.25, -0.2) is 4.79 Å². The van der Waals surface area contributed by atoms with Gasteiger partial charge >= 0.3 is 11.9 Å². The van der Waals surface area contributed by atoms with E-state index in [1.165, 1.54) is 6.42 Å². The Morgan fingerprint density at radius 2 is 1.68 bits per heavy atom. The van der Waals surface area contributed by atoms with Crippen molar-refractivity contribution >= 4 is 24.3 Å². The van der Waals surface area contributed by atoms with Crippen molar-refractivity contribution in [2.24, 2.45) is 0 Å². The summed E-state index contributed by atoms with van der Waals surface area (Å²) in [5.41, 5.74) is -1.03. The first kappa shape index (κ1) is 19.2. The van der Waals surface area contributed by atoms with Crippen LogP contribution in [0.1, 0.15) is 58.8 Å². The van der Waals surface area contributed by atoms with E-state index in [-0.39, 0.29) is 30.4 Å². The van der Waals surface area contributed by atoms with Crippen molar-refractivity contribution in [1.29, 1.82) is 0 Å². The predicted octanol–water partition coefficient (Wildman–Crippen LogP) is 2.70. The summed E-state index contributed by atoms with van der Waals surface area (Å²) in [7, 11) is 0. The van der Waals surface area contributed by atoms with Crippen LogP contribution in [0, 0.1) is 0 Å². The number of ether oxygens (including phenoxy) is 2. The van der Waals surface area contributed by atoms with E-state index >= 15 is 0 Å². The number of rotatable bonds is 5. The third kappa shape index (κ3) is 4.35. The molecule has 1 aliphatic heterocycles. The monoisotopic (exact) mass is 333 g/mol. The number of hydrogen-bond acceptors (Lipinski definition) is 5. The Hall–Kier alpha value is -0.810. The van der Waals surface area contributed by atoms with Gasteiger partial charge in [0.25, 0.3) is 0 Å². The normalized spacial score (nSPS) is 22.5. The van der Waals surface area contributed by atoms with Gasteiger partial charge in [0, 0.05) is 0 Å². The number of likely N-dealkylation sites (tertiary alicyclic amines) is 1. The lowest BCUT2D eigenvalue weighted by atomic mass is 10.0. The number of esters is 2. The third-order valence-corrected chi connectivity index (χ3v) is 4.63. The predicted molar refractivity (Wildman–Crippen MR) is 86.1 cm³/mol. The van der Waals surface area contributed by atoms with Crippen LogP contribution >= 0.6 is 12.4 Å². The van der Waals surface area contributed by atoms with Crippen LogP contribution in [0.15, 0.2) is 0 Å². The van der Waals surface area contributed by atoms with Crippen molar-refractivity contribution < 1.29 is 19.1 Å². The smallest absolute Gasteiger partial charge is 0.350 e. The number of hydrogen-bond donors (Lipinski definition) is 0. The van der Waals surface area contributed by atoms with E-state index in [1.54, 1.807) is 6.92 Å². The average molecular weight is 334 g/mol. The Bertz CT molecular complexity index is 376. The van der Waals surface area contributed by atoms with Gasteiger partial charge in [0.05, 0.1) is 6.61 Å². The molecule has 0 N–H and O–H groups in total. The molecule has 1 saturated carbocycles. The minimum Gasteiger partial charge on any atom is -0.463 e. The number of nitrogens with zero attached hydrogens (tertiary/aromatic N) is 1. The summed E-state index contributed by atoms with van der Waals surface area (Å²) >= 11 is 0. The second kappa shape index (κ2) is 8.73. The van der Waals surface area contributed by atoms with Crippen LogP contribution in [0.5, 0.6) is 0 Å². The van der Waals surface area contributed by atoms with Gasteiger partial charge in [0.2, 0.25) is 5.60 Å². The maximum absolute atomic E-state index is 12.4. The zero-order valence-electron chi connectivity index (χ0n) is 13.6. The van der Waals surface area contributed by atoms with Crippen molar-refractivity contribution in [3.8, 4) is 0 Å². The Morgan fingerprint density at radius 1 is 1.09 bits per heavy atom. The number of halogens is 1. The van der Waals surface area contributed by atoms with Crippen LogP contribution in [-0.2, 0) is 19.1 Å². The summed E-state index contributed by atoms with van der Waals surface area (Å²) in [6, 6.07) is -0.280. The highest BCUT2D eigenvalue weighted by Crippen LogP contribution is 2.35. The van der Waals surface area contributed by atoms with Crippen LogP contribution in [0.3, 0.4) is 0 Å². The van der Waals surface area contributed by atoms with Crippen molar-refractivity contribution in [2.75, 3.05) is 19.7 Å². The first-order valence-corrected chi connectivity index (χ1v) is 8.23. The topological polar surface area (TPSA) is 55.8 Å². The molecule has 0 amide bonds. The molecule has 6 heteroatoms. The Balaban J connectivity index is 0.00000242. The summed E-state index contributed by atoms with van der Waals surface area (Å²) in [5.74, 6) is -0.659. The fraction of sp³-hybridized carbons (Fsp3) is 0.875. The molecule has 0 spiro atoms. The zero-order chi connectivity index (χ0) is 15.3. The van der Waals surface area contributed by atoms with Gasteiger partial charge in [-0.1, -0.05) is 6.42 Å². The van der Waals surface area contributed by atoms with Gasteiger partial charge in [0.15, 0.2) is 0 Å². The fourth-order valence-electron chi connectivity index (χ4n) is 3.29. The molecular weight excluding hydrogens is 306 g/mol. The largest absolute Gasteiger partial charge is 0.463 e. The molecular formula is C16H28ClNO4. The first-order valence-electron chi connectivity index (χ1n) is 8.23. The van der Waals surface area contributed by atoms with Crippen molar-refractivity contribution in [2.45, 2.75) is 70.4 Å². The van der Waals surface area contributed by atoms with Crippen molar-refractivity contribution in [3.05, 3.63) is 0 Å². The van der Waals surface area contributed by atoms with Crippen molar-refractivity contribution in [1.82, 2.24) is 4.90 Å². The molecule has 1 aliphatic carbocycles. The van der Waals surface area contributed by atoms with Crippen molar-refractivity contribution in [3.63, 3.8) is 0 Å². The molecule has 1 heterocycles. The Morgan fingerprint density at radius 3 is 2.23 bits per heavy atom. The molecule has 0 bridgehead atoms. The minimum atomic E-state index is -1.03. The molecule has 0 aromatic heterocycles. The van der Waals surface area contributed by atoms with Crippen LogP contribution in [0.2, 0.25) is 0 Å². The molecule has 1 unspecified atom stereocenters. The molecule has 1 atom stereocenters. The second-order valence-electron chi connectivity index (χ2n) is 6.12. The van der Waals surface area contributed by atoms with Crippen LogP contribution < -0.4 is 0 Å². The van der Waals surface area contributed by atoms with E-state index in [2.05, 4.69) is 4.90 Å². The molecule has 22 heavy (non-hydrogen) atoms. The van der Waals surface area contributed by atoms with E-state index in [1.807, 2.05) is 6.92 Å². The van der Waals surface area contributed by atoms with Crippen LogP contribution in [-0.4, -0.2) is 48.2 Å². The van der Waals surface area contributed by atoms with E-state index in [4.69, 9.17) is 9.47 Å². The van der Waals surface area contributed by atoms with Gasteiger partial charge in [-0.2, -0.15) is 0 Å². The van der Waals surface area contributed by atoms with Gasteiger partial charge < -0.3 is 9.47 Å². The highest BCUT2D eigenvalue weighted by Gasteiger charge is 2.47. The summed E-state index contributed by atoms with van der Waals surface area (Å²) in [5, 5.41) is 0. The van der Waals surface area contributed by atoms with E-state index in [0.717, 1.165) is 38.8 Å². The molecule has 2 fully saturated rings. The SMILES string of the molecule is CCOC(=O)C1(OC(=O)C(C)N2CCCCC2)CCCC1.Cl. The summed E-state index contributed by atoms with van der Waals surface area (Å²) in [4.78, 5) is 26.8. The standard InChI is InChI=1S/C16H27NO4.ClH/c1-3-20-15(19)16(9-5-6-10-16)21-14(18)13(2)17-11-7-4-8-12-17;/h13H,3-12H2,1-2H3;1H. The summed E-state index contributed by atoms with van der Waals surface area (Å²) in [6.07, 6.45) is 6.47. The molecule has 0 aromatic rings. The molecule has 1 saturated heterocycles. The third-order valence-electron chi connectivity index (χ3n) is 4.63. The van der Waals surface area contributed by atoms with Gasteiger partial charge in [-0.15, -0.1) is 12.4 Å². The highest BCUT2D eigenvalue weighted by molar-refractivity contribution is 5.85. The lowest BCUT2D eigenvalue weighted by Gasteiger charge is -2.34. The lowest BCUT2D eigenvalue weighted by Crippen LogP contribution is -2.49. The van der Waals surface area contributed by atoms with E-state index in [9.17, 15) is 9.59 Å². The average Bonchev–Trinajstić information content (AvgIpc) is 2.97. The maximum Gasteiger partial charge on any atom is 0.350 e. The molecule has 5 nitrogen and oxygen atoms in total. The Labute approximate surface area is 139 Å². The molecule has 0 aromatic carbocycles. The number of piperidine rings is 1. The molecule has 2 aliphatic rings. The Kier molecular flexibility index (Phi) is 7.63. The van der Waals surface area contributed by atoms with Crippen LogP contribution in [0.4, 0.5) is 0 Å². The van der Waals surface area contributed by atoms with E-state index < -0.39 is 5.60 Å². The quantitative estimate of drug-likeness (QED) is 0.724. The van der Waals surface area contributed by atoms with Gasteiger partial charge in [0.1, 0.15) is 6.04 Å². The van der Waals surface area contributed by atoms with E-state index in [0.29, 0.717) is 19.4 Å². The highest BCUT2D eigenvalue weighted by atomic mass is 35.5. The maximum atomic E-state index is 12.4. The zero-order valence-corrected chi connectivity index (χ0v) is 14.5. The van der Waals surface area contributed by atoms with Gasteiger partial charge in [-0.05, 0) is 65.5 Å². The number of carbonyl (C=O) groups excluding carboxylic acids is 2. The van der Waals surface area contributed by atoms with Gasteiger partial charge in [-0.3, -0.25) is 9.69 Å². The second-order valence-corrected chi connectivity index (χ2v) is 6.12. The first-order chi connectivity index (χ1) is 10.1. The molecule has 128 valence electrons. The number of carbonyl (C=O) groups is 2. The molecule has 2 rings (SSSR count). The molecule has 0 radical (unpaired) electrons. The fourth-order valence-corrected chi connectivity index (χ4v) is 3.29. The minimum absolute atomic E-state index is 0. The summed E-state index contributed by atoms with van der Waals surface area (Å²) < 4.78 is 10.8. The lowest BCUT2D eigenvalue weighted by molar-refractivity contribution is -0.185.